The molecule has 11 heteroatoms. The molecule has 0 fully saturated rings. The van der Waals surface area contributed by atoms with E-state index in [2.05, 4.69) is 20.8 Å². The summed E-state index contributed by atoms with van der Waals surface area (Å²) in [7, 11) is 0. The van der Waals surface area contributed by atoms with Crippen LogP contribution in [-0.2, 0) is 22.7 Å². The number of anilines is 1. The minimum atomic E-state index is -1.03. The second-order valence-corrected chi connectivity index (χ2v) is 8.28. The van der Waals surface area contributed by atoms with E-state index in [0.29, 0.717) is 28.2 Å². The Bertz CT molecular complexity index is 1210. The number of hydrogen-bond acceptors (Lipinski definition) is 6. The van der Waals surface area contributed by atoms with Crippen LogP contribution in [0.15, 0.2) is 59.8 Å². The zero-order valence-corrected chi connectivity index (χ0v) is 19.8. The van der Waals surface area contributed by atoms with E-state index in [1.54, 1.807) is 12.1 Å². The molecule has 0 atom stereocenters. The fraction of sp³-hybridized carbons (Fsp3) is 0.174. The number of rotatable bonds is 10. The molecule has 3 N–H and O–H groups in total. The molecule has 3 rings (SSSR count). The molecule has 0 spiro atoms. The number of nitrogens with one attached hydrogen (secondary N) is 2. The first-order valence-corrected chi connectivity index (χ1v) is 11.6. The van der Waals surface area contributed by atoms with Crippen molar-refractivity contribution in [2.75, 3.05) is 11.1 Å². The lowest BCUT2D eigenvalue weighted by Gasteiger charge is -2.08. The predicted molar refractivity (Wildman–Crippen MR) is 131 cm³/mol. The van der Waals surface area contributed by atoms with Gasteiger partial charge in [-0.3, -0.25) is 9.59 Å². The maximum absolute atomic E-state index is 12.3. The Balaban J connectivity index is 1.52. The summed E-state index contributed by atoms with van der Waals surface area (Å²) in [5.41, 5.74) is 1.38. The van der Waals surface area contributed by atoms with Crippen molar-refractivity contribution in [1.82, 2.24) is 20.1 Å². The molecule has 0 unspecified atom stereocenters. The van der Waals surface area contributed by atoms with Gasteiger partial charge in [-0.15, -0.1) is 10.2 Å². The van der Waals surface area contributed by atoms with Crippen molar-refractivity contribution >= 4 is 52.9 Å². The lowest BCUT2D eigenvalue weighted by atomic mass is 10.2. The normalized spacial score (nSPS) is 10.9. The maximum atomic E-state index is 12.3. The lowest BCUT2D eigenvalue weighted by Crippen LogP contribution is -2.22. The van der Waals surface area contributed by atoms with Crippen molar-refractivity contribution in [2.24, 2.45) is 0 Å². The number of carboxylic acid groups (broad SMARTS) is 1. The predicted octanol–water partition coefficient (Wildman–Crippen LogP) is 3.71. The van der Waals surface area contributed by atoms with Crippen LogP contribution in [-0.4, -0.2) is 43.4 Å². The van der Waals surface area contributed by atoms with Gasteiger partial charge >= 0.3 is 5.97 Å². The number of nitrogens with zero attached hydrogens (tertiary/aromatic N) is 3. The summed E-state index contributed by atoms with van der Waals surface area (Å²) in [4.78, 5) is 35.3. The summed E-state index contributed by atoms with van der Waals surface area (Å²) in [5.74, 6) is -0.942. The topological polar surface area (TPSA) is 126 Å². The largest absolute Gasteiger partial charge is 0.478 e. The Morgan fingerprint density at radius 2 is 1.85 bits per heavy atom. The molecule has 1 aromatic heterocycles. The molecule has 3 aromatic rings. The molecule has 1 heterocycles. The van der Waals surface area contributed by atoms with Gasteiger partial charge in [0.1, 0.15) is 0 Å². The van der Waals surface area contributed by atoms with Crippen LogP contribution in [0.3, 0.4) is 0 Å². The average molecular weight is 500 g/mol. The van der Waals surface area contributed by atoms with E-state index in [1.807, 2.05) is 29.7 Å². The zero-order chi connectivity index (χ0) is 24.5. The first-order valence-electron chi connectivity index (χ1n) is 10.3. The lowest BCUT2D eigenvalue weighted by molar-refractivity contribution is -0.116. The smallest absolute Gasteiger partial charge is 0.335 e. The standard InChI is InChI=1S/C23H22ClN5O4S/c1-2-29-19(13-25-20(30)12-9-15-5-3-4-6-18(15)24)27-28-23(29)34-14-21(31)26-17-10-7-16(8-11-17)22(32)33/h3-12H,2,13-14H2,1H3,(H,25,30)(H,26,31)(H,32,33)/b12-9+. The number of thioether (sulfide) groups is 1. The fourth-order valence-corrected chi connectivity index (χ4v) is 3.92. The highest BCUT2D eigenvalue weighted by Crippen LogP contribution is 2.18. The monoisotopic (exact) mass is 499 g/mol. The minimum absolute atomic E-state index is 0.0890. The summed E-state index contributed by atoms with van der Waals surface area (Å²) >= 11 is 7.29. The summed E-state index contributed by atoms with van der Waals surface area (Å²) in [6.07, 6.45) is 3.04. The van der Waals surface area contributed by atoms with E-state index in [1.165, 1.54) is 42.1 Å². The summed E-state index contributed by atoms with van der Waals surface area (Å²) in [6, 6.07) is 13.1. The third-order valence-electron chi connectivity index (χ3n) is 4.60. The molecular formula is C23H22ClN5O4S. The number of aromatic nitrogens is 3. The third kappa shape index (κ3) is 6.93. The average Bonchev–Trinajstić information content (AvgIpc) is 3.23. The molecule has 0 aliphatic rings. The first kappa shape index (κ1) is 25.0. The molecule has 2 aromatic carbocycles. The number of aromatic carboxylic acids is 1. The molecule has 0 radical (unpaired) electrons. The highest BCUT2D eigenvalue weighted by Gasteiger charge is 2.14. The number of carbonyl (C=O) groups is 3. The van der Waals surface area contributed by atoms with E-state index in [0.717, 1.165) is 5.56 Å². The zero-order valence-electron chi connectivity index (χ0n) is 18.2. The van der Waals surface area contributed by atoms with Crippen LogP contribution in [0.5, 0.6) is 0 Å². The molecule has 0 saturated carbocycles. The van der Waals surface area contributed by atoms with E-state index in [9.17, 15) is 14.4 Å². The van der Waals surface area contributed by atoms with Gasteiger partial charge in [-0.25, -0.2) is 4.79 Å². The SMILES string of the molecule is CCn1c(CNC(=O)/C=C/c2ccccc2Cl)nnc1SCC(=O)Nc1ccc(C(=O)O)cc1. The van der Waals surface area contributed by atoms with E-state index < -0.39 is 5.97 Å². The van der Waals surface area contributed by atoms with Crippen LogP contribution in [0.25, 0.3) is 6.08 Å². The van der Waals surface area contributed by atoms with E-state index in [-0.39, 0.29) is 29.7 Å². The molecular weight excluding hydrogens is 478 g/mol. The highest BCUT2D eigenvalue weighted by atomic mass is 35.5. The van der Waals surface area contributed by atoms with Gasteiger partial charge in [-0.1, -0.05) is 41.6 Å². The Labute approximate surface area is 205 Å². The van der Waals surface area contributed by atoms with Crippen molar-refractivity contribution in [3.05, 3.63) is 76.6 Å². The Hall–Kier alpha value is -3.63. The van der Waals surface area contributed by atoms with Gasteiger partial charge in [0.2, 0.25) is 11.8 Å². The molecule has 176 valence electrons. The van der Waals surface area contributed by atoms with Gasteiger partial charge < -0.3 is 20.3 Å². The van der Waals surface area contributed by atoms with Gasteiger partial charge in [0.25, 0.3) is 0 Å². The van der Waals surface area contributed by atoms with Crippen LogP contribution in [0, 0.1) is 0 Å². The van der Waals surface area contributed by atoms with Crippen molar-refractivity contribution in [3.63, 3.8) is 0 Å². The first-order chi connectivity index (χ1) is 16.4. The van der Waals surface area contributed by atoms with Crippen LogP contribution in [0.4, 0.5) is 5.69 Å². The number of benzene rings is 2. The minimum Gasteiger partial charge on any atom is -0.478 e. The second-order valence-electron chi connectivity index (χ2n) is 6.94. The number of hydrogen-bond donors (Lipinski definition) is 3. The number of halogens is 1. The van der Waals surface area contributed by atoms with Crippen molar-refractivity contribution < 1.29 is 19.5 Å². The highest BCUT2D eigenvalue weighted by molar-refractivity contribution is 7.99. The van der Waals surface area contributed by atoms with E-state index >= 15 is 0 Å². The Morgan fingerprint density at radius 3 is 2.53 bits per heavy atom. The maximum Gasteiger partial charge on any atom is 0.335 e. The van der Waals surface area contributed by atoms with Crippen LogP contribution in [0.1, 0.15) is 28.7 Å². The third-order valence-corrected chi connectivity index (χ3v) is 5.91. The number of carboxylic acids is 1. The van der Waals surface area contributed by atoms with Crippen LogP contribution < -0.4 is 10.6 Å². The van der Waals surface area contributed by atoms with Gasteiger partial charge in [0.15, 0.2) is 11.0 Å². The number of carbonyl (C=O) groups excluding carboxylic acids is 2. The van der Waals surface area contributed by atoms with Crippen molar-refractivity contribution in [1.29, 1.82) is 0 Å². The van der Waals surface area contributed by atoms with Gasteiger partial charge in [-0.2, -0.15) is 0 Å². The molecule has 0 saturated heterocycles. The van der Waals surface area contributed by atoms with E-state index in [4.69, 9.17) is 16.7 Å². The molecule has 0 aliphatic carbocycles. The quantitative estimate of drug-likeness (QED) is 0.286. The summed E-state index contributed by atoms with van der Waals surface area (Å²) in [6.45, 7) is 2.66. The molecule has 2 amide bonds. The molecule has 34 heavy (non-hydrogen) atoms. The van der Waals surface area contributed by atoms with Crippen molar-refractivity contribution in [2.45, 2.75) is 25.2 Å². The Kier molecular flexibility index (Phi) is 8.83. The van der Waals surface area contributed by atoms with Crippen LogP contribution >= 0.6 is 23.4 Å². The molecule has 0 bridgehead atoms. The summed E-state index contributed by atoms with van der Waals surface area (Å²) in [5, 5.41) is 23.8. The van der Waals surface area contributed by atoms with Gasteiger partial charge in [0.05, 0.1) is 17.9 Å². The van der Waals surface area contributed by atoms with Gasteiger partial charge in [0, 0.05) is 23.3 Å². The summed E-state index contributed by atoms with van der Waals surface area (Å²) < 4.78 is 1.82. The Morgan fingerprint density at radius 1 is 1.12 bits per heavy atom. The number of amides is 2. The molecule has 9 nitrogen and oxygen atoms in total. The van der Waals surface area contributed by atoms with Gasteiger partial charge in [-0.05, 0) is 48.9 Å². The van der Waals surface area contributed by atoms with Crippen LogP contribution in [0.2, 0.25) is 5.02 Å². The second kappa shape index (κ2) is 12.0. The van der Waals surface area contributed by atoms with Crippen molar-refractivity contribution in [3.8, 4) is 0 Å². The fourth-order valence-electron chi connectivity index (χ4n) is 2.90. The molecule has 0 aliphatic heterocycles.